The van der Waals surface area contributed by atoms with E-state index in [1.54, 1.807) is 0 Å². The topological polar surface area (TPSA) is 21.3 Å². The zero-order chi connectivity index (χ0) is 14.7. The Morgan fingerprint density at radius 3 is 2.86 bits per heavy atom. The smallest absolute Gasteiger partial charge is 0.125 e. The van der Waals surface area contributed by atoms with Crippen LogP contribution in [0.25, 0.3) is 0 Å². The summed E-state index contributed by atoms with van der Waals surface area (Å²) in [7, 11) is 2.08. The summed E-state index contributed by atoms with van der Waals surface area (Å²) in [6, 6.07) is 4.68. The molecule has 0 spiro atoms. The molecule has 2 aliphatic rings. The van der Waals surface area contributed by atoms with Gasteiger partial charge in [-0.3, -0.25) is 0 Å². The van der Waals surface area contributed by atoms with E-state index in [4.69, 9.17) is 16.3 Å². The maximum Gasteiger partial charge on any atom is 0.125 e. The second-order valence-electron chi connectivity index (χ2n) is 6.58. The normalized spacial score (nSPS) is 20.1. The van der Waals surface area contributed by atoms with Crippen LogP contribution in [-0.4, -0.2) is 19.7 Å². The number of fused-ring (bicyclic) bond motifs is 1. The molecule has 1 aromatic rings. The lowest BCUT2D eigenvalue weighted by Gasteiger charge is -2.27. The third kappa shape index (κ3) is 3.73. The fourth-order valence-electron chi connectivity index (χ4n) is 3.89. The van der Waals surface area contributed by atoms with E-state index >= 15 is 0 Å². The molecule has 1 fully saturated rings. The van der Waals surface area contributed by atoms with Crippen molar-refractivity contribution in [3.05, 3.63) is 28.3 Å². The minimum Gasteiger partial charge on any atom is -0.493 e. The van der Waals surface area contributed by atoms with Crippen LogP contribution < -0.4 is 10.1 Å². The lowest BCUT2D eigenvalue weighted by atomic mass is 9.83. The van der Waals surface area contributed by atoms with Crippen molar-refractivity contribution >= 4 is 11.6 Å². The van der Waals surface area contributed by atoms with Crippen molar-refractivity contribution < 1.29 is 4.74 Å². The van der Waals surface area contributed by atoms with Crippen molar-refractivity contribution in [1.82, 2.24) is 5.32 Å². The molecular weight excluding hydrogens is 282 g/mol. The minimum atomic E-state index is 0.528. The van der Waals surface area contributed by atoms with Gasteiger partial charge in [0.25, 0.3) is 0 Å². The molecule has 0 saturated heterocycles. The summed E-state index contributed by atoms with van der Waals surface area (Å²) in [5.74, 6) is 1.99. The number of likely N-dealkylation sites (N-methyl/N-ethyl adjacent to an activating group) is 1. The first-order valence-electron chi connectivity index (χ1n) is 8.37. The van der Waals surface area contributed by atoms with Crippen LogP contribution in [0.5, 0.6) is 5.75 Å². The van der Waals surface area contributed by atoms with Crippen LogP contribution in [0.3, 0.4) is 0 Å². The minimum absolute atomic E-state index is 0.528. The summed E-state index contributed by atoms with van der Waals surface area (Å²) < 4.78 is 5.83. The van der Waals surface area contributed by atoms with Crippen LogP contribution in [0.4, 0.5) is 0 Å². The Kier molecular flexibility index (Phi) is 5.07. The molecule has 0 aromatic heterocycles. The summed E-state index contributed by atoms with van der Waals surface area (Å²) in [5.41, 5.74) is 2.56. The number of nitrogens with one attached hydrogen (secondary N) is 1. The van der Waals surface area contributed by atoms with E-state index in [2.05, 4.69) is 24.5 Å². The van der Waals surface area contributed by atoms with Crippen LogP contribution in [0.2, 0.25) is 5.02 Å². The van der Waals surface area contributed by atoms with Crippen molar-refractivity contribution in [2.45, 2.75) is 57.4 Å². The molecule has 1 aliphatic heterocycles. The van der Waals surface area contributed by atoms with Crippen LogP contribution in [-0.2, 0) is 12.8 Å². The van der Waals surface area contributed by atoms with Gasteiger partial charge in [0.15, 0.2) is 0 Å². The van der Waals surface area contributed by atoms with E-state index in [1.165, 1.54) is 49.7 Å². The number of hydrogen-bond donors (Lipinski definition) is 1. The van der Waals surface area contributed by atoms with Crippen LogP contribution in [0.15, 0.2) is 12.1 Å². The molecule has 0 amide bonds. The van der Waals surface area contributed by atoms with Gasteiger partial charge in [-0.05, 0) is 49.1 Å². The van der Waals surface area contributed by atoms with Crippen LogP contribution in [0, 0.1) is 5.92 Å². The highest BCUT2D eigenvalue weighted by Crippen LogP contribution is 2.35. The van der Waals surface area contributed by atoms with E-state index in [0.717, 1.165) is 36.1 Å². The highest BCUT2D eigenvalue weighted by atomic mass is 35.5. The summed E-state index contributed by atoms with van der Waals surface area (Å²) in [5, 5.41) is 4.36. The Labute approximate surface area is 133 Å². The van der Waals surface area contributed by atoms with Crippen molar-refractivity contribution in [2.24, 2.45) is 5.92 Å². The standard InChI is InChI=1S/C18H26ClNO/c1-20-17(9-13-5-3-2-4-6-13)12-15-11-16(19)10-14-7-8-21-18(14)15/h10-11,13,17,20H,2-9,12H2,1H3. The number of ether oxygens (including phenoxy) is 1. The maximum absolute atomic E-state index is 6.27. The zero-order valence-corrected chi connectivity index (χ0v) is 13.7. The molecule has 21 heavy (non-hydrogen) atoms. The lowest BCUT2D eigenvalue weighted by Crippen LogP contribution is -2.30. The average molecular weight is 308 g/mol. The van der Waals surface area contributed by atoms with E-state index < -0.39 is 0 Å². The highest BCUT2D eigenvalue weighted by Gasteiger charge is 2.22. The van der Waals surface area contributed by atoms with E-state index in [-0.39, 0.29) is 0 Å². The van der Waals surface area contributed by atoms with Crippen LogP contribution in [0.1, 0.15) is 49.7 Å². The van der Waals surface area contributed by atoms with Crippen molar-refractivity contribution in [1.29, 1.82) is 0 Å². The molecule has 1 heterocycles. The molecule has 3 heteroatoms. The Balaban J connectivity index is 1.69. The molecule has 1 aromatic carbocycles. The third-order valence-electron chi connectivity index (χ3n) is 5.04. The molecular formula is C18H26ClNO. The summed E-state index contributed by atoms with van der Waals surface area (Å²) in [6.45, 7) is 0.801. The second-order valence-corrected chi connectivity index (χ2v) is 7.02. The lowest BCUT2D eigenvalue weighted by molar-refractivity contribution is 0.300. The Hall–Kier alpha value is -0.730. The Morgan fingerprint density at radius 2 is 2.10 bits per heavy atom. The number of benzene rings is 1. The predicted octanol–water partition coefficient (Wildman–Crippen LogP) is 4.38. The van der Waals surface area contributed by atoms with Gasteiger partial charge in [-0.1, -0.05) is 43.7 Å². The summed E-state index contributed by atoms with van der Waals surface area (Å²) in [4.78, 5) is 0. The van der Waals surface area contributed by atoms with Crippen molar-refractivity contribution in [3.63, 3.8) is 0 Å². The maximum atomic E-state index is 6.27. The monoisotopic (exact) mass is 307 g/mol. The van der Waals surface area contributed by atoms with E-state index in [9.17, 15) is 0 Å². The average Bonchev–Trinajstić information content (AvgIpc) is 2.96. The first kappa shape index (κ1) is 15.2. The van der Waals surface area contributed by atoms with Gasteiger partial charge in [0.05, 0.1) is 6.61 Å². The van der Waals surface area contributed by atoms with E-state index in [0.29, 0.717) is 6.04 Å². The van der Waals surface area contributed by atoms with Crippen molar-refractivity contribution in [3.8, 4) is 5.75 Å². The van der Waals surface area contributed by atoms with Gasteiger partial charge in [-0.2, -0.15) is 0 Å². The molecule has 1 saturated carbocycles. The molecule has 0 bridgehead atoms. The Bertz CT molecular complexity index is 482. The van der Waals surface area contributed by atoms with Gasteiger partial charge in [0.1, 0.15) is 5.75 Å². The van der Waals surface area contributed by atoms with Gasteiger partial charge >= 0.3 is 0 Å². The molecule has 2 nitrogen and oxygen atoms in total. The van der Waals surface area contributed by atoms with Gasteiger partial charge in [0, 0.05) is 17.5 Å². The fraction of sp³-hybridized carbons (Fsp3) is 0.667. The second kappa shape index (κ2) is 7.02. The van der Waals surface area contributed by atoms with Gasteiger partial charge < -0.3 is 10.1 Å². The molecule has 116 valence electrons. The van der Waals surface area contributed by atoms with E-state index in [1.807, 2.05) is 0 Å². The molecule has 1 aliphatic carbocycles. The zero-order valence-electron chi connectivity index (χ0n) is 13.0. The Morgan fingerprint density at radius 1 is 1.29 bits per heavy atom. The first-order chi connectivity index (χ1) is 10.3. The van der Waals surface area contributed by atoms with Crippen LogP contribution >= 0.6 is 11.6 Å². The van der Waals surface area contributed by atoms with Gasteiger partial charge in [-0.15, -0.1) is 0 Å². The molecule has 0 radical (unpaired) electrons. The quantitative estimate of drug-likeness (QED) is 0.872. The summed E-state index contributed by atoms with van der Waals surface area (Å²) in [6.07, 6.45) is 10.4. The molecule has 1 unspecified atom stereocenters. The summed E-state index contributed by atoms with van der Waals surface area (Å²) >= 11 is 6.27. The number of rotatable bonds is 5. The predicted molar refractivity (Wildman–Crippen MR) is 88.4 cm³/mol. The largest absolute Gasteiger partial charge is 0.493 e. The molecule has 3 rings (SSSR count). The fourth-order valence-corrected chi connectivity index (χ4v) is 4.15. The first-order valence-corrected chi connectivity index (χ1v) is 8.75. The number of halogens is 1. The number of hydrogen-bond acceptors (Lipinski definition) is 2. The van der Waals surface area contributed by atoms with Gasteiger partial charge in [0.2, 0.25) is 0 Å². The highest BCUT2D eigenvalue weighted by molar-refractivity contribution is 6.30. The molecule has 1 N–H and O–H groups in total. The molecule has 1 atom stereocenters. The van der Waals surface area contributed by atoms with Gasteiger partial charge in [-0.25, -0.2) is 0 Å². The van der Waals surface area contributed by atoms with Crippen molar-refractivity contribution in [2.75, 3.05) is 13.7 Å². The third-order valence-corrected chi connectivity index (χ3v) is 5.26. The SMILES string of the molecule is CNC(Cc1cc(Cl)cc2c1OCC2)CC1CCCCC1.